The van der Waals surface area contributed by atoms with Crippen LogP contribution in [0.4, 0.5) is 0 Å². The number of aromatic nitrogens is 2. The van der Waals surface area contributed by atoms with E-state index in [0.29, 0.717) is 24.1 Å². The summed E-state index contributed by atoms with van der Waals surface area (Å²) in [6.45, 7) is 5.13. The molecular weight excluding hydrogens is 356 g/mol. The Morgan fingerprint density at radius 1 is 1.11 bits per heavy atom. The minimum absolute atomic E-state index is 0.232. The summed E-state index contributed by atoms with van der Waals surface area (Å²) in [7, 11) is 0. The lowest BCUT2D eigenvalue weighted by molar-refractivity contribution is -0.148. The third-order valence-electron chi connectivity index (χ3n) is 4.61. The number of benzene rings is 2. The zero-order chi connectivity index (χ0) is 20.3. The maximum Gasteiger partial charge on any atom is 0.329 e. The van der Waals surface area contributed by atoms with Gasteiger partial charge in [0.15, 0.2) is 0 Å². The van der Waals surface area contributed by atoms with Crippen molar-refractivity contribution in [1.29, 1.82) is 0 Å². The highest BCUT2D eigenvalue weighted by molar-refractivity contribution is 5.83. The number of aromatic amines is 1. The molecule has 0 aliphatic heterocycles. The second kappa shape index (κ2) is 8.25. The quantitative estimate of drug-likeness (QED) is 0.667. The fourth-order valence-corrected chi connectivity index (χ4v) is 3.36. The van der Waals surface area contributed by atoms with Crippen LogP contribution in [0.2, 0.25) is 0 Å². The molecule has 1 N–H and O–H groups in total. The Hall–Kier alpha value is -3.15. The molecule has 0 fully saturated rings. The first kappa shape index (κ1) is 19.6. The van der Waals surface area contributed by atoms with E-state index < -0.39 is 17.2 Å². The van der Waals surface area contributed by atoms with Gasteiger partial charge in [-0.15, -0.1) is 0 Å². The fourth-order valence-electron chi connectivity index (χ4n) is 3.36. The molecule has 0 spiro atoms. The molecule has 0 amide bonds. The van der Waals surface area contributed by atoms with Crippen molar-refractivity contribution in [3.05, 3.63) is 80.1 Å². The summed E-state index contributed by atoms with van der Waals surface area (Å²) in [5, 5.41) is 2.20. The Morgan fingerprint density at radius 2 is 1.82 bits per heavy atom. The summed E-state index contributed by atoms with van der Waals surface area (Å²) < 4.78 is 6.50. The zero-order valence-corrected chi connectivity index (χ0v) is 16.3. The van der Waals surface area contributed by atoms with Crippen molar-refractivity contribution in [2.45, 2.75) is 46.3 Å². The number of nitrogens with one attached hydrogen (secondary N) is 1. The Balaban J connectivity index is 2.07. The van der Waals surface area contributed by atoms with Crippen LogP contribution in [0.15, 0.2) is 52.1 Å². The number of ether oxygens (including phenoxy) is 1. The van der Waals surface area contributed by atoms with E-state index in [1.165, 1.54) is 4.57 Å². The molecule has 146 valence electrons. The second-order valence-corrected chi connectivity index (χ2v) is 7.02. The van der Waals surface area contributed by atoms with E-state index in [2.05, 4.69) is 4.98 Å². The average molecular weight is 380 g/mol. The van der Waals surface area contributed by atoms with Crippen molar-refractivity contribution in [2.75, 3.05) is 0 Å². The highest BCUT2D eigenvalue weighted by atomic mass is 16.5. The van der Waals surface area contributed by atoms with Crippen molar-refractivity contribution >= 4 is 16.7 Å². The summed E-state index contributed by atoms with van der Waals surface area (Å²) in [5.74, 6) is -0.508. The van der Waals surface area contributed by atoms with Crippen LogP contribution < -0.4 is 11.2 Å². The minimum atomic E-state index is -0.598. The largest absolute Gasteiger partial charge is 0.462 e. The van der Waals surface area contributed by atoms with Crippen molar-refractivity contribution in [3.8, 4) is 0 Å². The number of fused-ring (bicyclic) bond motifs is 1. The SMILES string of the molecule is CCc1c(Cc2ccc3ccccc3c2)n(CC(=O)OC(C)C)c(=O)[nH]c1=O. The molecule has 3 aromatic rings. The van der Waals surface area contributed by atoms with E-state index in [4.69, 9.17) is 4.74 Å². The molecule has 0 aliphatic carbocycles. The average Bonchev–Trinajstić information content (AvgIpc) is 2.64. The molecule has 28 heavy (non-hydrogen) atoms. The number of hydrogen-bond donors (Lipinski definition) is 1. The predicted octanol–water partition coefficient (Wildman–Crippen LogP) is 2.79. The molecule has 0 radical (unpaired) electrons. The number of carbonyl (C=O) groups is 1. The molecule has 2 aromatic carbocycles. The number of H-pyrrole nitrogens is 1. The summed E-state index contributed by atoms with van der Waals surface area (Å²) in [6.07, 6.45) is 0.556. The van der Waals surface area contributed by atoms with Gasteiger partial charge in [0, 0.05) is 17.7 Å². The molecular formula is C22H24N2O4. The summed E-state index contributed by atoms with van der Waals surface area (Å²) in [5.41, 5.74) is 1.01. The number of nitrogens with zero attached hydrogens (tertiary/aromatic N) is 1. The van der Waals surface area contributed by atoms with Gasteiger partial charge in [-0.05, 0) is 36.6 Å². The van der Waals surface area contributed by atoms with Crippen LogP contribution in [-0.2, 0) is 28.9 Å². The Kier molecular flexibility index (Phi) is 5.78. The summed E-state index contributed by atoms with van der Waals surface area (Å²) in [6, 6.07) is 14.0. The maximum absolute atomic E-state index is 12.5. The fraction of sp³-hybridized carbons (Fsp3) is 0.318. The third-order valence-corrected chi connectivity index (χ3v) is 4.61. The zero-order valence-electron chi connectivity index (χ0n) is 16.3. The van der Waals surface area contributed by atoms with Crippen molar-refractivity contribution < 1.29 is 9.53 Å². The van der Waals surface area contributed by atoms with Crippen LogP contribution in [0.5, 0.6) is 0 Å². The molecule has 0 aliphatic rings. The molecule has 6 heteroatoms. The first-order valence-corrected chi connectivity index (χ1v) is 9.41. The first-order valence-electron chi connectivity index (χ1n) is 9.41. The highest BCUT2D eigenvalue weighted by Crippen LogP contribution is 2.19. The minimum Gasteiger partial charge on any atom is -0.462 e. The standard InChI is InChI=1S/C22H24N2O4/c1-4-18-19(12-15-9-10-16-7-5-6-8-17(16)11-15)24(22(27)23-21(18)26)13-20(25)28-14(2)3/h5-11,14H,4,12-13H2,1-3H3,(H,23,26,27). The van der Waals surface area contributed by atoms with Crippen LogP contribution in [-0.4, -0.2) is 21.6 Å². The van der Waals surface area contributed by atoms with E-state index in [0.717, 1.165) is 16.3 Å². The Bertz CT molecular complexity index is 1130. The van der Waals surface area contributed by atoms with Gasteiger partial charge >= 0.3 is 11.7 Å². The first-order chi connectivity index (χ1) is 13.4. The van der Waals surface area contributed by atoms with E-state index in [1.54, 1.807) is 13.8 Å². The molecule has 0 unspecified atom stereocenters. The lowest BCUT2D eigenvalue weighted by Gasteiger charge is -2.16. The summed E-state index contributed by atoms with van der Waals surface area (Å²) in [4.78, 5) is 39.3. The van der Waals surface area contributed by atoms with E-state index in [-0.39, 0.29) is 12.6 Å². The van der Waals surface area contributed by atoms with E-state index in [9.17, 15) is 14.4 Å². The van der Waals surface area contributed by atoms with Gasteiger partial charge in [0.25, 0.3) is 5.56 Å². The molecule has 3 rings (SSSR count). The van der Waals surface area contributed by atoms with Crippen LogP contribution >= 0.6 is 0 Å². The van der Waals surface area contributed by atoms with Crippen LogP contribution in [0, 0.1) is 0 Å². The van der Waals surface area contributed by atoms with Crippen molar-refractivity contribution in [2.24, 2.45) is 0 Å². The topological polar surface area (TPSA) is 81.2 Å². The van der Waals surface area contributed by atoms with Crippen LogP contribution in [0.25, 0.3) is 10.8 Å². The van der Waals surface area contributed by atoms with Crippen LogP contribution in [0.1, 0.15) is 37.6 Å². The molecule has 0 saturated heterocycles. The van der Waals surface area contributed by atoms with Gasteiger partial charge in [0.2, 0.25) is 0 Å². The lowest BCUT2D eigenvalue weighted by Crippen LogP contribution is -2.37. The molecule has 0 atom stereocenters. The number of carbonyl (C=O) groups excluding carboxylic acids is 1. The van der Waals surface area contributed by atoms with E-state index in [1.807, 2.05) is 49.4 Å². The van der Waals surface area contributed by atoms with Gasteiger partial charge in [-0.1, -0.05) is 49.4 Å². The van der Waals surface area contributed by atoms with Crippen molar-refractivity contribution in [1.82, 2.24) is 9.55 Å². The molecule has 6 nitrogen and oxygen atoms in total. The third kappa shape index (κ3) is 4.22. The van der Waals surface area contributed by atoms with Crippen LogP contribution in [0.3, 0.4) is 0 Å². The van der Waals surface area contributed by atoms with Gasteiger partial charge in [-0.2, -0.15) is 0 Å². The molecule has 1 heterocycles. The van der Waals surface area contributed by atoms with Gasteiger partial charge in [-0.3, -0.25) is 19.1 Å². The molecule has 0 saturated carbocycles. The normalized spacial score (nSPS) is 11.1. The van der Waals surface area contributed by atoms with Gasteiger partial charge < -0.3 is 4.74 Å². The lowest BCUT2D eigenvalue weighted by atomic mass is 10.0. The van der Waals surface area contributed by atoms with Crippen molar-refractivity contribution in [3.63, 3.8) is 0 Å². The summed E-state index contributed by atoms with van der Waals surface area (Å²) >= 11 is 0. The smallest absolute Gasteiger partial charge is 0.329 e. The molecule has 1 aromatic heterocycles. The highest BCUT2D eigenvalue weighted by Gasteiger charge is 2.17. The molecule has 0 bridgehead atoms. The monoisotopic (exact) mass is 380 g/mol. The maximum atomic E-state index is 12.5. The van der Waals surface area contributed by atoms with E-state index >= 15 is 0 Å². The number of hydrogen-bond acceptors (Lipinski definition) is 4. The number of rotatable bonds is 6. The van der Waals surface area contributed by atoms with Gasteiger partial charge in [0.1, 0.15) is 6.54 Å². The predicted molar refractivity (Wildman–Crippen MR) is 109 cm³/mol. The second-order valence-electron chi connectivity index (χ2n) is 7.02. The Labute approximate surface area is 162 Å². The van der Waals surface area contributed by atoms with Gasteiger partial charge in [-0.25, -0.2) is 4.79 Å². The Morgan fingerprint density at radius 3 is 2.50 bits per heavy atom. The van der Waals surface area contributed by atoms with Gasteiger partial charge in [0.05, 0.1) is 6.10 Å². The number of esters is 1.